The Balaban J connectivity index is 2.04. The van der Waals surface area contributed by atoms with Crippen LogP contribution in [0.25, 0.3) is 0 Å². The number of hydrogen-bond acceptors (Lipinski definition) is 3. The summed E-state index contributed by atoms with van der Waals surface area (Å²) in [7, 11) is -1.28. The van der Waals surface area contributed by atoms with Crippen LogP contribution in [0.1, 0.15) is 51.9 Å². The molecule has 1 spiro atoms. The molecule has 104 valence electrons. The second-order valence-electron chi connectivity index (χ2n) is 5.42. The van der Waals surface area contributed by atoms with Crippen molar-refractivity contribution in [3.05, 3.63) is 0 Å². The Morgan fingerprint density at radius 1 is 1.50 bits per heavy atom. The third-order valence-corrected chi connectivity index (χ3v) is 6.37. The molecule has 0 radical (unpaired) electrons. The number of aliphatic carboxylic acids is 1. The van der Waals surface area contributed by atoms with Crippen LogP contribution >= 0.6 is 0 Å². The molecule has 0 bridgehead atoms. The maximum atomic E-state index is 12.4. The Bertz CT molecular complexity index is 336. The Labute approximate surface area is 111 Å². The van der Waals surface area contributed by atoms with E-state index in [4.69, 9.17) is 9.84 Å². The van der Waals surface area contributed by atoms with Crippen molar-refractivity contribution >= 4 is 16.8 Å². The van der Waals surface area contributed by atoms with Gasteiger partial charge in [0.25, 0.3) is 0 Å². The molecule has 3 unspecified atom stereocenters. The highest BCUT2D eigenvalue weighted by Gasteiger charge is 2.43. The van der Waals surface area contributed by atoms with E-state index in [0.717, 1.165) is 25.7 Å². The average Bonchev–Trinajstić information content (AvgIpc) is 2.77. The maximum absolute atomic E-state index is 12.4. The fraction of sp³-hybridized carbons (Fsp3) is 0.923. The number of rotatable bonds is 4. The smallest absolute Gasteiger partial charge is 0.319 e. The van der Waals surface area contributed by atoms with Gasteiger partial charge in [-0.25, -0.2) is 0 Å². The van der Waals surface area contributed by atoms with Crippen molar-refractivity contribution in [1.82, 2.24) is 0 Å². The van der Waals surface area contributed by atoms with Crippen LogP contribution in [0.5, 0.6) is 0 Å². The van der Waals surface area contributed by atoms with E-state index in [0.29, 0.717) is 13.0 Å². The van der Waals surface area contributed by atoms with Crippen molar-refractivity contribution in [1.29, 1.82) is 0 Å². The predicted octanol–water partition coefficient (Wildman–Crippen LogP) is 2.09. The normalized spacial score (nSPS) is 30.2. The highest BCUT2D eigenvalue weighted by Crippen LogP contribution is 2.41. The van der Waals surface area contributed by atoms with Crippen LogP contribution in [0, 0.1) is 0 Å². The number of carbonyl (C=O) groups is 1. The molecule has 1 saturated carbocycles. The Morgan fingerprint density at radius 2 is 2.17 bits per heavy atom. The summed E-state index contributed by atoms with van der Waals surface area (Å²) in [6, 6.07) is 0. The topological polar surface area (TPSA) is 63.6 Å². The van der Waals surface area contributed by atoms with Gasteiger partial charge in [0.05, 0.1) is 5.60 Å². The Kier molecular flexibility index (Phi) is 4.43. The SMILES string of the molecule is CCC(C(=O)O)S(=O)C1CCOC2(CCCC2)C1. The molecular formula is C13H22O4S. The largest absolute Gasteiger partial charge is 0.480 e. The summed E-state index contributed by atoms with van der Waals surface area (Å²) < 4.78 is 18.3. The first-order chi connectivity index (χ1) is 8.58. The van der Waals surface area contributed by atoms with Gasteiger partial charge in [-0.1, -0.05) is 19.8 Å². The van der Waals surface area contributed by atoms with E-state index >= 15 is 0 Å². The molecule has 0 aromatic heterocycles. The molecule has 1 saturated heterocycles. The third-order valence-electron chi connectivity index (χ3n) is 4.22. The molecule has 2 rings (SSSR count). The van der Waals surface area contributed by atoms with Gasteiger partial charge in [-0.15, -0.1) is 0 Å². The average molecular weight is 274 g/mol. The lowest BCUT2D eigenvalue weighted by Gasteiger charge is -2.38. The van der Waals surface area contributed by atoms with Crippen LogP contribution in [0.15, 0.2) is 0 Å². The monoisotopic (exact) mass is 274 g/mol. The van der Waals surface area contributed by atoms with E-state index in [1.807, 2.05) is 0 Å². The van der Waals surface area contributed by atoms with Crippen LogP contribution in [0.3, 0.4) is 0 Å². The van der Waals surface area contributed by atoms with Crippen molar-refractivity contribution in [2.45, 2.75) is 68.0 Å². The lowest BCUT2D eigenvalue weighted by Crippen LogP contribution is -2.44. The third kappa shape index (κ3) is 2.77. The van der Waals surface area contributed by atoms with Crippen LogP contribution in [-0.4, -0.2) is 38.0 Å². The van der Waals surface area contributed by atoms with E-state index in [-0.39, 0.29) is 10.9 Å². The molecule has 1 aliphatic carbocycles. The summed E-state index contributed by atoms with van der Waals surface area (Å²) in [4.78, 5) is 11.1. The van der Waals surface area contributed by atoms with Gasteiger partial charge in [0.1, 0.15) is 5.25 Å². The zero-order chi connectivity index (χ0) is 13.2. The quantitative estimate of drug-likeness (QED) is 0.852. The molecular weight excluding hydrogens is 252 g/mol. The maximum Gasteiger partial charge on any atom is 0.319 e. The van der Waals surface area contributed by atoms with E-state index in [2.05, 4.69) is 0 Å². The van der Waals surface area contributed by atoms with Gasteiger partial charge in [0.15, 0.2) is 0 Å². The summed E-state index contributed by atoms with van der Waals surface area (Å²) >= 11 is 0. The summed E-state index contributed by atoms with van der Waals surface area (Å²) in [5, 5.41) is 8.39. The predicted molar refractivity (Wildman–Crippen MR) is 70.0 cm³/mol. The van der Waals surface area contributed by atoms with Crippen LogP contribution < -0.4 is 0 Å². The highest BCUT2D eigenvalue weighted by atomic mass is 32.2. The minimum Gasteiger partial charge on any atom is -0.480 e. The molecule has 4 nitrogen and oxygen atoms in total. The van der Waals surface area contributed by atoms with Crippen molar-refractivity contribution in [2.75, 3.05) is 6.61 Å². The number of hydrogen-bond donors (Lipinski definition) is 1. The summed E-state index contributed by atoms with van der Waals surface area (Å²) in [5.41, 5.74) is -0.0879. The van der Waals surface area contributed by atoms with Crippen molar-refractivity contribution < 1.29 is 18.8 Å². The molecule has 3 atom stereocenters. The van der Waals surface area contributed by atoms with Crippen LogP contribution in [0.4, 0.5) is 0 Å². The second-order valence-corrected chi connectivity index (χ2v) is 7.31. The van der Waals surface area contributed by atoms with E-state index < -0.39 is 22.0 Å². The molecule has 2 aliphatic rings. The van der Waals surface area contributed by atoms with Crippen LogP contribution in [-0.2, 0) is 20.3 Å². The van der Waals surface area contributed by atoms with Gasteiger partial charge in [-0.3, -0.25) is 9.00 Å². The minimum atomic E-state index is -1.28. The molecule has 1 aliphatic heterocycles. The lowest BCUT2D eigenvalue weighted by atomic mass is 9.92. The summed E-state index contributed by atoms with van der Waals surface area (Å²) in [5.74, 6) is -0.928. The molecule has 1 N–H and O–H groups in total. The number of ether oxygens (including phenoxy) is 1. The zero-order valence-corrected chi connectivity index (χ0v) is 11.7. The first-order valence-corrected chi connectivity index (χ1v) is 8.12. The van der Waals surface area contributed by atoms with Gasteiger partial charge in [0.2, 0.25) is 0 Å². The standard InChI is InChI=1S/C13H22O4S/c1-2-11(12(14)15)18(16)10-5-8-17-13(9-10)6-3-4-7-13/h10-11H,2-9H2,1H3,(H,14,15). The Hall–Kier alpha value is -0.420. The fourth-order valence-electron chi connectivity index (χ4n) is 3.22. The van der Waals surface area contributed by atoms with Crippen molar-refractivity contribution in [3.63, 3.8) is 0 Å². The minimum absolute atomic E-state index is 0.00194. The highest BCUT2D eigenvalue weighted by molar-refractivity contribution is 7.87. The first-order valence-electron chi connectivity index (χ1n) is 6.84. The number of carboxylic acid groups (broad SMARTS) is 1. The van der Waals surface area contributed by atoms with E-state index in [9.17, 15) is 9.00 Å². The molecule has 0 amide bonds. The zero-order valence-electron chi connectivity index (χ0n) is 10.9. The lowest BCUT2D eigenvalue weighted by molar-refractivity contribution is -0.136. The number of carboxylic acids is 1. The van der Waals surface area contributed by atoms with Gasteiger partial charge in [-0.05, 0) is 32.1 Å². The van der Waals surface area contributed by atoms with E-state index in [1.54, 1.807) is 6.92 Å². The Morgan fingerprint density at radius 3 is 2.72 bits per heavy atom. The first kappa shape index (κ1) is 14.0. The molecule has 0 aromatic rings. The van der Waals surface area contributed by atoms with Gasteiger partial charge in [-0.2, -0.15) is 0 Å². The van der Waals surface area contributed by atoms with Crippen molar-refractivity contribution in [3.8, 4) is 0 Å². The molecule has 0 aromatic carbocycles. The van der Waals surface area contributed by atoms with Gasteiger partial charge >= 0.3 is 5.97 Å². The molecule has 5 heteroatoms. The summed E-state index contributed by atoms with van der Waals surface area (Å²) in [6.45, 7) is 2.42. The second kappa shape index (κ2) is 5.70. The molecule has 1 heterocycles. The summed E-state index contributed by atoms with van der Waals surface area (Å²) in [6.07, 6.45) is 6.40. The van der Waals surface area contributed by atoms with E-state index in [1.165, 1.54) is 12.8 Å². The van der Waals surface area contributed by atoms with Gasteiger partial charge < -0.3 is 9.84 Å². The van der Waals surface area contributed by atoms with Crippen LogP contribution in [0.2, 0.25) is 0 Å². The molecule has 2 fully saturated rings. The molecule has 18 heavy (non-hydrogen) atoms. The van der Waals surface area contributed by atoms with Gasteiger partial charge in [0, 0.05) is 22.7 Å². The fourth-order valence-corrected chi connectivity index (χ4v) is 5.01. The van der Waals surface area contributed by atoms with Crippen molar-refractivity contribution in [2.24, 2.45) is 0 Å².